The van der Waals surface area contributed by atoms with Crippen molar-refractivity contribution in [2.75, 3.05) is 26.2 Å². The second-order valence-corrected chi connectivity index (χ2v) is 3.12. The van der Waals surface area contributed by atoms with Crippen LogP contribution in [0.2, 0.25) is 0 Å². The van der Waals surface area contributed by atoms with Crippen molar-refractivity contribution in [2.45, 2.75) is 6.42 Å². The number of nitrogens with one attached hydrogen (secondary N) is 3. The van der Waals surface area contributed by atoms with Gasteiger partial charge in [0.2, 0.25) is 0 Å². The molecule has 0 aliphatic carbocycles. The first-order valence-electron chi connectivity index (χ1n) is 5.16. The van der Waals surface area contributed by atoms with E-state index in [-0.39, 0.29) is 0 Å². The maximum Gasteiger partial charge on any atom is 0.00767 e. The Morgan fingerprint density at radius 2 is 1.21 bits per heavy atom. The van der Waals surface area contributed by atoms with Crippen molar-refractivity contribution in [3.05, 3.63) is 36.7 Å². The Bertz CT molecular complexity index is 173. The van der Waals surface area contributed by atoms with Crippen LogP contribution in [-0.4, -0.2) is 26.2 Å². The number of allylic oxidation sites excluding steroid dienone is 4. The molecule has 3 nitrogen and oxygen atoms in total. The van der Waals surface area contributed by atoms with E-state index < -0.39 is 0 Å². The normalized spacial score (nSPS) is 20.0. The largest absolute Gasteiger partial charge is 0.368 e. The Hall–Kier alpha value is -1.06. The third-order valence-corrected chi connectivity index (χ3v) is 1.90. The highest BCUT2D eigenvalue weighted by Crippen LogP contribution is 1.81. The standard InChI is InChI=1S/C6H7N.C5H12N2/c1-2-4-6-7-5-3-1;1-2-6-4-5-7-3-1/h1-7H;6-7H,1-5H2. The lowest BCUT2D eigenvalue weighted by Crippen LogP contribution is -2.21. The van der Waals surface area contributed by atoms with Crippen LogP contribution in [0.25, 0.3) is 0 Å². The van der Waals surface area contributed by atoms with Crippen LogP contribution in [0.1, 0.15) is 6.42 Å². The smallest absolute Gasteiger partial charge is 0.00767 e. The van der Waals surface area contributed by atoms with Gasteiger partial charge in [-0.3, -0.25) is 0 Å². The van der Waals surface area contributed by atoms with Gasteiger partial charge in [-0.1, -0.05) is 12.2 Å². The van der Waals surface area contributed by atoms with Gasteiger partial charge in [-0.2, -0.15) is 0 Å². The van der Waals surface area contributed by atoms with Gasteiger partial charge in [-0.05, 0) is 31.7 Å². The second-order valence-electron chi connectivity index (χ2n) is 3.12. The predicted octanol–water partition coefficient (Wildman–Crippen LogP) is 0.742. The molecule has 1 saturated heterocycles. The highest BCUT2D eigenvalue weighted by Gasteiger charge is 1.92. The second kappa shape index (κ2) is 8.53. The molecule has 2 rings (SSSR count). The average Bonchev–Trinajstić information content (AvgIpc) is 2.68. The summed E-state index contributed by atoms with van der Waals surface area (Å²) in [7, 11) is 0. The number of hydrogen-bond acceptors (Lipinski definition) is 3. The predicted molar refractivity (Wildman–Crippen MR) is 60.9 cm³/mol. The van der Waals surface area contributed by atoms with Gasteiger partial charge in [0.1, 0.15) is 0 Å². The Kier molecular flexibility index (Phi) is 6.72. The van der Waals surface area contributed by atoms with E-state index in [0.29, 0.717) is 0 Å². The van der Waals surface area contributed by atoms with Crippen molar-refractivity contribution in [2.24, 2.45) is 0 Å². The molecule has 0 amide bonds. The Morgan fingerprint density at radius 3 is 1.79 bits per heavy atom. The highest BCUT2D eigenvalue weighted by molar-refractivity contribution is 5.14. The summed E-state index contributed by atoms with van der Waals surface area (Å²) >= 11 is 0. The molecule has 0 atom stereocenters. The van der Waals surface area contributed by atoms with E-state index >= 15 is 0 Å². The summed E-state index contributed by atoms with van der Waals surface area (Å²) in [6.45, 7) is 4.65. The van der Waals surface area contributed by atoms with E-state index in [1.54, 1.807) is 0 Å². The molecular weight excluding hydrogens is 174 g/mol. The molecule has 78 valence electrons. The monoisotopic (exact) mass is 193 g/mol. The lowest BCUT2D eigenvalue weighted by molar-refractivity contribution is 0.718. The summed E-state index contributed by atoms with van der Waals surface area (Å²) in [5.41, 5.74) is 0. The van der Waals surface area contributed by atoms with Crippen LogP contribution in [0.4, 0.5) is 0 Å². The van der Waals surface area contributed by atoms with Crippen LogP contribution in [0, 0.1) is 0 Å². The minimum atomic E-state index is 1.14. The summed E-state index contributed by atoms with van der Waals surface area (Å²) in [5.74, 6) is 0. The van der Waals surface area contributed by atoms with Crippen LogP contribution in [0.5, 0.6) is 0 Å². The van der Waals surface area contributed by atoms with E-state index in [1.807, 2.05) is 36.7 Å². The molecule has 3 N–H and O–H groups in total. The fourth-order valence-electron chi connectivity index (χ4n) is 1.17. The van der Waals surface area contributed by atoms with Crippen LogP contribution in [-0.2, 0) is 0 Å². The van der Waals surface area contributed by atoms with Crippen molar-refractivity contribution >= 4 is 0 Å². The van der Waals surface area contributed by atoms with E-state index in [2.05, 4.69) is 16.0 Å². The summed E-state index contributed by atoms with van der Waals surface area (Å²) < 4.78 is 0. The molecule has 0 aromatic rings. The fourth-order valence-corrected chi connectivity index (χ4v) is 1.17. The molecule has 0 unspecified atom stereocenters. The van der Waals surface area contributed by atoms with Crippen LogP contribution < -0.4 is 16.0 Å². The molecule has 2 heterocycles. The number of hydrogen-bond donors (Lipinski definition) is 3. The van der Waals surface area contributed by atoms with Gasteiger partial charge >= 0.3 is 0 Å². The fraction of sp³-hybridized carbons (Fsp3) is 0.455. The van der Waals surface area contributed by atoms with Gasteiger partial charge in [-0.15, -0.1) is 0 Å². The molecule has 2 aliphatic heterocycles. The maximum absolute atomic E-state index is 3.28. The maximum atomic E-state index is 3.28. The molecule has 0 bridgehead atoms. The zero-order chi connectivity index (χ0) is 9.90. The van der Waals surface area contributed by atoms with Crippen molar-refractivity contribution in [3.8, 4) is 0 Å². The van der Waals surface area contributed by atoms with Crippen molar-refractivity contribution in [1.82, 2.24) is 16.0 Å². The van der Waals surface area contributed by atoms with Gasteiger partial charge in [0.15, 0.2) is 0 Å². The van der Waals surface area contributed by atoms with Crippen molar-refractivity contribution in [3.63, 3.8) is 0 Å². The van der Waals surface area contributed by atoms with E-state index in [1.165, 1.54) is 19.5 Å². The summed E-state index contributed by atoms with van der Waals surface area (Å²) in [6, 6.07) is 0. The quantitative estimate of drug-likeness (QED) is 0.531. The molecule has 0 radical (unpaired) electrons. The zero-order valence-electron chi connectivity index (χ0n) is 8.50. The Labute approximate surface area is 86.0 Å². The highest BCUT2D eigenvalue weighted by atomic mass is 15.0. The van der Waals surface area contributed by atoms with Gasteiger partial charge in [0.05, 0.1) is 0 Å². The van der Waals surface area contributed by atoms with E-state index in [9.17, 15) is 0 Å². The van der Waals surface area contributed by atoms with Crippen molar-refractivity contribution in [1.29, 1.82) is 0 Å². The summed E-state index contributed by atoms with van der Waals surface area (Å²) in [5, 5.41) is 9.49. The lowest BCUT2D eigenvalue weighted by Gasteiger charge is -1.92. The molecule has 3 heteroatoms. The van der Waals surface area contributed by atoms with E-state index in [4.69, 9.17) is 0 Å². The molecule has 0 aromatic heterocycles. The summed E-state index contributed by atoms with van der Waals surface area (Å²) in [6.07, 6.45) is 12.9. The molecule has 0 aromatic carbocycles. The van der Waals surface area contributed by atoms with Crippen molar-refractivity contribution < 1.29 is 0 Å². The first-order valence-corrected chi connectivity index (χ1v) is 5.16. The average molecular weight is 193 g/mol. The van der Waals surface area contributed by atoms with Gasteiger partial charge in [0, 0.05) is 25.5 Å². The molecule has 1 fully saturated rings. The SMILES string of the molecule is C1=CC=CNC=C1.C1CNCCNC1. The number of rotatable bonds is 0. The van der Waals surface area contributed by atoms with Crippen LogP contribution in [0.3, 0.4) is 0 Å². The third-order valence-electron chi connectivity index (χ3n) is 1.90. The summed E-state index contributed by atoms with van der Waals surface area (Å²) in [4.78, 5) is 0. The third kappa shape index (κ3) is 6.46. The van der Waals surface area contributed by atoms with Gasteiger partial charge < -0.3 is 16.0 Å². The first-order chi connectivity index (χ1) is 7.00. The van der Waals surface area contributed by atoms with Gasteiger partial charge in [-0.25, -0.2) is 0 Å². The van der Waals surface area contributed by atoms with Crippen LogP contribution >= 0.6 is 0 Å². The minimum Gasteiger partial charge on any atom is -0.368 e. The molecule has 0 saturated carbocycles. The molecule has 0 spiro atoms. The Morgan fingerprint density at radius 1 is 0.643 bits per heavy atom. The topological polar surface area (TPSA) is 36.1 Å². The zero-order valence-corrected chi connectivity index (χ0v) is 8.50. The van der Waals surface area contributed by atoms with E-state index in [0.717, 1.165) is 13.1 Å². The minimum absolute atomic E-state index is 1.14. The first kappa shape index (κ1) is 11.0. The van der Waals surface area contributed by atoms with Crippen LogP contribution in [0.15, 0.2) is 36.7 Å². The molecular formula is C11H19N3. The lowest BCUT2D eigenvalue weighted by atomic mass is 10.4. The molecule has 14 heavy (non-hydrogen) atoms. The molecule has 2 aliphatic rings. The Balaban J connectivity index is 0.000000140. The van der Waals surface area contributed by atoms with Gasteiger partial charge in [0.25, 0.3) is 0 Å².